The number of amides is 1. The molecule has 86 valence electrons. The molecule has 1 amide bonds. The first kappa shape index (κ1) is 10.8. The molecule has 1 aliphatic heterocycles. The first-order valence-corrected chi connectivity index (χ1v) is 7.04. The monoisotopic (exact) mass is 262 g/mol. The maximum absolute atomic E-state index is 12.0. The summed E-state index contributed by atoms with van der Waals surface area (Å²) in [5.41, 5.74) is 1.26. The molecule has 0 aliphatic carbocycles. The van der Waals surface area contributed by atoms with Gasteiger partial charge in [0, 0.05) is 16.5 Å². The van der Waals surface area contributed by atoms with E-state index in [-0.39, 0.29) is 11.2 Å². The average Bonchev–Trinajstić information content (AvgIpc) is 2.96. The van der Waals surface area contributed by atoms with Crippen molar-refractivity contribution in [1.29, 1.82) is 0 Å². The molecule has 0 saturated carbocycles. The Balaban J connectivity index is 1.70. The first-order valence-electron chi connectivity index (χ1n) is 5.28. The van der Waals surface area contributed by atoms with Gasteiger partial charge >= 0.3 is 0 Å². The molecule has 1 aliphatic rings. The highest BCUT2D eigenvalue weighted by atomic mass is 32.2. The van der Waals surface area contributed by atoms with Gasteiger partial charge in [0.2, 0.25) is 5.91 Å². The van der Waals surface area contributed by atoms with Gasteiger partial charge in [0.1, 0.15) is 0 Å². The van der Waals surface area contributed by atoms with Crippen LogP contribution in [-0.4, -0.2) is 16.1 Å². The lowest BCUT2D eigenvalue weighted by atomic mass is 10.1. The van der Waals surface area contributed by atoms with Crippen LogP contribution < -0.4 is 5.32 Å². The first-order chi connectivity index (χ1) is 8.33. The molecule has 2 aromatic rings. The summed E-state index contributed by atoms with van der Waals surface area (Å²) in [5, 5.41) is 5.34. The number of nitrogens with zero attached hydrogens (tertiary/aromatic N) is 1. The Kier molecular flexibility index (Phi) is 2.86. The van der Waals surface area contributed by atoms with Gasteiger partial charge in [-0.05, 0) is 18.1 Å². The second-order valence-electron chi connectivity index (χ2n) is 3.74. The number of thioether (sulfide) groups is 1. The number of hydrogen-bond acceptors (Lipinski definition) is 4. The molecule has 2 heterocycles. The highest BCUT2D eigenvalue weighted by molar-refractivity contribution is 8.01. The molecule has 0 spiro atoms. The minimum atomic E-state index is -0.0312. The topological polar surface area (TPSA) is 42.0 Å². The quantitative estimate of drug-likeness (QED) is 0.905. The number of fused-ring (bicyclic) bond motifs is 1. The minimum Gasteiger partial charge on any atom is -0.301 e. The van der Waals surface area contributed by atoms with Gasteiger partial charge in [-0.15, -0.1) is 23.1 Å². The second kappa shape index (κ2) is 4.50. The van der Waals surface area contributed by atoms with Crippen LogP contribution in [0.2, 0.25) is 0 Å². The van der Waals surface area contributed by atoms with E-state index in [1.807, 2.05) is 17.5 Å². The zero-order valence-electron chi connectivity index (χ0n) is 8.92. The van der Waals surface area contributed by atoms with Crippen molar-refractivity contribution < 1.29 is 4.79 Å². The molecule has 0 radical (unpaired) electrons. The summed E-state index contributed by atoms with van der Waals surface area (Å²) in [6.07, 6.45) is 2.49. The molecule has 1 atom stereocenters. The van der Waals surface area contributed by atoms with Crippen LogP contribution in [0.15, 0.2) is 40.7 Å². The molecule has 0 saturated heterocycles. The molecule has 1 aromatic carbocycles. The maximum Gasteiger partial charge on any atom is 0.239 e. The standard InChI is InChI=1S/C12H10N2OS2/c15-11(14-12-13-5-6-16-12)10-7-8-3-1-2-4-9(8)17-10/h1-6,10H,7H2,(H,13,14,15). The lowest BCUT2D eigenvalue weighted by molar-refractivity contribution is -0.115. The van der Waals surface area contributed by atoms with Crippen LogP contribution in [0, 0.1) is 0 Å². The summed E-state index contributed by atoms with van der Waals surface area (Å²) in [4.78, 5) is 17.3. The van der Waals surface area contributed by atoms with Crippen molar-refractivity contribution in [3.63, 3.8) is 0 Å². The number of hydrogen-bond donors (Lipinski definition) is 1. The third kappa shape index (κ3) is 2.21. The van der Waals surface area contributed by atoms with Crippen molar-refractivity contribution in [3.8, 4) is 0 Å². The van der Waals surface area contributed by atoms with E-state index in [4.69, 9.17) is 0 Å². The molecule has 1 N–H and O–H groups in total. The molecule has 1 unspecified atom stereocenters. The fourth-order valence-corrected chi connectivity index (χ4v) is 3.53. The minimum absolute atomic E-state index is 0.0312. The molecule has 0 fully saturated rings. The van der Waals surface area contributed by atoms with E-state index in [1.165, 1.54) is 21.8 Å². The Morgan fingerprint density at radius 2 is 2.29 bits per heavy atom. The number of carbonyl (C=O) groups excluding carboxylic acids is 1. The normalized spacial score (nSPS) is 17.8. The molecular weight excluding hydrogens is 252 g/mol. The van der Waals surface area contributed by atoms with Crippen LogP contribution in [0.1, 0.15) is 5.56 Å². The number of anilines is 1. The van der Waals surface area contributed by atoms with E-state index in [2.05, 4.69) is 22.4 Å². The molecule has 17 heavy (non-hydrogen) atoms. The SMILES string of the molecule is O=C(Nc1nccs1)C1Cc2ccccc2S1. The van der Waals surface area contributed by atoms with Gasteiger partial charge in [-0.3, -0.25) is 4.79 Å². The smallest absolute Gasteiger partial charge is 0.239 e. The Labute approximate surface area is 107 Å². The lowest BCUT2D eigenvalue weighted by Gasteiger charge is -2.06. The number of nitrogens with one attached hydrogen (secondary N) is 1. The highest BCUT2D eigenvalue weighted by Crippen LogP contribution is 2.37. The van der Waals surface area contributed by atoms with Crippen molar-refractivity contribution in [1.82, 2.24) is 4.98 Å². The number of benzene rings is 1. The highest BCUT2D eigenvalue weighted by Gasteiger charge is 2.28. The van der Waals surface area contributed by atoms with Gasteiger partial charge < -0.3 is 5.32 Å². The summed E-state index contributed by atoms with van der Waals surface area (Å²) in [6.45, 7) is 0. The third-order valence-corrected chi connectivity index (χ3v) is 4.61. The summed E-state index contributed by atoms with van der Waals surface area (Å²) < 4.78 is 0. The second-order valence-corrected chi connectivity index (χ2v) is 5.88. The Morgan fingerprint density at radius 3 is 3.06 bits per heavy atom. The van der Waals surface area contributed by atoms with Gasteiger partial charge in [-0.2, -0.15) is 0 Å². The van der Waals surface area contributed by atoms with E-state index in [0.29, 0.717) is 5.13 Å². The van der Waals surface area contributed by atoms with E-state index in [1.54, 1.807) is 18.0 Å². The molecule has 0 bridgehead atoms. The summed E-state index contributed by atoms with van der Waals surface area (Å²) in [6, 6.07) is 8.17. The molecule has 3 nitrogen and oxygen atoms in total. The molecule has 3 rings (SSSR count). The zero-order chi connectivity index (χ0) is 11.7. The van der Waals surface area contributed by atoms with Crippen molar-refractivity contribution >= 4 is 34.1 Å². The van der Waals surface area contributed by atoms with Gasteiger partial charge in [-0.25, -0.2) is 4.98 Å². The van der Waals surface area contributed by atoms with Gasteiger partial charge in [0.25, 0.3) is 0 Å². The number of aromatic nitrogens is 1. The van der Waals surface area contributed by atoms with Gasteiger partial charge in [0.05, 0.1) is 5.25 Å². The number of carbonyl (C=O) groups is 1. The van der Waals surface area contributed by atoms with Gasteiger partial charge in [-0.1, -0.05) is 18.2 Å². The Morgan fingerprint density at radius 1 is 1.41 bits per heavy atom. The predicted molar refractivity (Wildman–Crippen MR) is 70.5 cm³/mol. The van der Waals surface area contributed by atoms with Crippen LogP contribution in [0.25, 0.3) is 0 Å². The van der Waals surface area contributed by atoms with Crippen molar-refractivity contribution in [3.05, 3.63) is 41.4 Å². The molecule has 1 aromatic heterocycles. The van der Waals surface area contributed by atoms with Crippen LogP contribution in [0.5, 0.6) is 0 Å². The van der Waals surface area contributed by atoms with E-state index in [9.17, 15) is 4.79 Å². The Hall–Kier alpha value is -1.33. The Bertz CT molecular complexity index is 514. The third-order valence-electron chi connectivity index (χ3n) is 2.60. The summed E-state index contributed by atoms with van der Waals surface area (Å²) in [5.74, 6) is 0.0427. The van der Waals surface area contributed by atoms with Crippen molar-refractivity contribution in [2.24, 2.45) is 0 Å². The van der Waals surface area contributed by atoms with Gasteiger partial charge in [0.15, 0.2) is 5.13 Å². The van der Waals surface area contributed by atoms with Crippen LogP contribution in [-0.2, 0) is 11.2 Å². The number of thiazole rings is 1. The molecular formula is C12H10N2OS2. The van der Waals surface area contributed by atoms with Crippen LogP contribution in [0.3, 0.4) is 0 Å². The lowest BCUT2D eigenvalue weighted by Crippen LogP contribution is -2.24. The van der Waals surface area contributed by atoms with Crippen LogP contribution >= 0.6 is 23.1 Å². The fourth-order valence-electron chi connectivity index (χ4n) is 1.80. The predicted octanol–water partition coefficient (Wildman–Crippen LogP) is 2.80. The maximum atomic E-state index is 12.0. The summed E-state index contributed by atoms with van der Waals surface area (Å²) >= 11 is 3.07. The van der Waals surface area contributed by atoms with Crippen LogP contribution in [0.4, 0.5) is 5.13 Å². The molecule has 5 heteroatoms. The average molecular weight is 262 g/mol. The van der Waals surface area contributed by atoms with Crippen molar-refractivity contribution in [2.75, 3.05) is 5.32 Å². The van der Waals surface area contributed by atoms with Crippen molar-refractivity contribution in [2.45, 2.75) is 16.6 Å². The van der Waals surface area contributed by atoms with E-state index >= 15 is 0 Å². The zero-order valence-corrected chi connectivity index (χ0v) is 10.6. The van der Waals surface area contributed by atoms with E-state index in [0.717, 1.165) is 6.42 Å². The number of rotatable bonds is 2. The fraction of sp³-hybridized carbons (Fsp3) is 0.167. The summed E-state index contributed by atoms with van der Waals surface area (Å²) in [7, 11) is 0. The largest absolute Gasteiger partial charge is 0.301 e. The van der Waals surface area contributed by atoms with E-state index < -0.39 is 0 Å².